The zero-order valence-corrected chi connectivity index (χ0v) is 22.0. The van der Waals surface area contributed by atoms with Gasteiger partial charge in [0.05, 0.1) is 30.1 Å². The topological polar surface area (TPSA) is 108 Å². The van der Waals surface area contributed by atoms with Gasteiger partial charge in [-0.2, -0.15) is 0 Å². The van der Waals surface area contributed by atoms with Crippen LogP contribution in [0.3, 0.4) is 0 Å². The van der Waals surface area contributed by atoms with Crippen molar-refractivity contribution in [2.45, 2.75) is 83.1 Å². The minimum atomic E-state index is -1.11. The van der Waals surface area contributed by atoms with Crippen LogP contribution in [0.25, 0.3) is 0 Å². The van der Waals surface area contributed by atoms with E-state index in [9.17, 15) is 19.5 Å². The van der Waals surface area contributed by atoms with Gasteiger partial charge in [-0.05, 0) is 37.7 Å². The fraction of sp³-hybridized carbons (Fsp3) is 0.679. The molecule has 2 bridgehead atoms. The van der Waals surface area contributed by atoms with Crippen LogP contribution in [-0.4, -0.2) is 64.7 Å². The number of amides is 3. The number of carbonyl (C=O) groups is 3. The zero-order valence-electron chi connectivity index (χ0n) is 22.0. The van der Waals surface area contributed by atoms with Gasteiger partial charge in [0.25, 0.3) is 0 Å². The monoisotopic (exact) mass is 499 g/mol. The summed E-state index contributed by atoms with van der Waals surface area (Å²) in [6.45, 7) is 8.72. The van der Waals surface area contributed by atoms with Crippen molar-refractivity contribution in [3.8, 4) is 0 Å². The van der Waals surface area contributed by atoms with Gasteiger partial charge in [0.1, 0.15) is 11.6 Å². The molecular formula is C28H41N3O5. The number of hydrogen-bond donors (Lipinski definition) is 3. The van der Waals surface area contributed by atoms with E-state index in [4.69, 9.17) is 4.74 Å². The van der Waals surface area contributed by atoms with E-state index in [0.29, 0.717) is 19.5 Å². The summed E-state index contributed by atoms with van der Waals surface area (Å²) in [5, 5.41) is 16.5. The number of nitrogens with one attached hydrogen (secondary N) is 2. The van der Waals surface area contributed by atoms with Gasteiger partial charge in [-0.1, -0.05) is 63.9 Å². The largest absolute Gasteiger partial charge is 0.394 e. The Morgan fingerprint density at radius 3 is 2.44 bits per heavy atom. The van der Waals surface area contributed by atoms with E-state index in [1.165, 1.54) is 4.90 Å². The Labute approximate surface area is 214 Å². The molecule has 0 saturated carbocycles. The first kappa shape index (κ1) is 26.6. The quantitative estimate of drug-likeness (QED) is 0.406. The summed E-state index contributed by atoms with van der Waals surface area (Å²) in [7, 11) is 0. The molecule has 0 aliphatic carbocycles. The van der Waals surface area contributed by atoms with E-state index in [1.807, 2.05) is 51.1 Å². The first-order valence-electron chi connectivity index (χ1n) is 13.5. The normalized spacial score (nSPS) is 33.5. The maximum atomic E-state index is 14.2. The standard InChI is InChI=1S/C28H41N3O5/c1-5-7-11-15-30-25(34)23-28-16-18(3)27(4,36-28)21(24(33)29-14-6-2)22(28)26(35)31(23)20(17-32)19-12-9-8-10-13-19/h8-10,12-13,18,20-23,32H,5-7,11,14-17H2,1-4H3,(H,29,33)(H,30,34)/t18?,20-,21+,22+,23?,27-,28?/m1/s1. The van der Waals surface area contributed by atoms with E-state index < -0.39 is 35.1 Å². The molecule has 3 unspecified atom stereocenters. The van der Waals surface area contributed by atoms with Crippen molar-refractivity contribution in [2.24, 2.45) is 17.8 Å². The lowest BCUT2D eigenvalue weighted by molar-refractivity contribution is -0.151. The summed E-state index contributed by atoms with van der Waals surface area (Å²) in [5.41, 5.74) is -1.21. The lowest BCUT2D eigenvalue weighted by Crippen LogP contribution is -2.56. The van der Waals surface area contributed by atoms with Crippen LogP contribution in [0.2, 0.25) is 0 Å². The molecule has 3 N–H and O–H groups in total. The van der Waals surface area contributed by atoms with Crippen molar-refractivity contribution in [1.29, 1.82) is 0 Å². The molecule has 8 nitrogen and oxygen atoms in total. The summed E-state index contributed by atoms with van der Waals surface area (Å²) in [6.07, 6.45) is 4.16. The molecule has 36 heavy (non-hydrogen) atoms. The van der Waals surface area contributed by atoms with E-state index in [-0.39, 0.29) is 30.2 Å². The molecule has 3 fully saturated rings. The molecule has 3 saturated heterocycles. The highest BCUT2D eigenvalue weighted by molar-refractivity contribution is 5.99. The van der Waals surface area contributed by atoms with Gasteiger partial charge in [0.2, 0.25) is 17.7 Å². The number of fused-ring (bicyclic) bond motifs is 1. The van der Waals surface area contributed by atoms with Crippen LogP contribution in [0.4, 0.5) is 0 Å². The SMILES string of the molecule is CCCCCNC(=O)C1N([C@H](CO)c2ccccc2)C(=O)[C@@H]2[C@@H](C(=O)NCCC)[C@]3(C)OC12CC3C. The molecule has 4 rings (SSSR count). The van der Waals surface area contributed by atoms with Crippen molar-refractivity contribution >= 4 is 17.7 Å². The molecule has 3 aliphatic heterocycles. The zero-order chi connectivity index (χ0) is 26.1. The third-order valence-corrected chi connectivity index (χ3v) is 8.61. The minimum Gasteiger partial charge on any atom is -0.394 e. The lowest BCUT2D eigenvalue weighted by atomic mass is 9.62. The second kappa shape index (κ2) is 10.5. The highest BCUT2D eigenvalue weighted by atomic mass is 16.5. The molecule has 198 valence electrons. The third-order valence-electron chi connectivity index (χ3n) is 8.61. The Morgan fingerprint density at radius 2 is 1.81 bits per heavy atom. The Morgan fingerprint density at radius 1 is 1.11 bits per heavy atom. The summed E-state index contributed by atoms with van der Waals surface area (Å²) in [5.74, 6) is -2.26. The van der Waals surface area contributed by atoms with E-state index in [2.05, 4.69) is 17.6 Å². The summed E-state index contributed by atoms with van der Waals surface area (Å²) in [4.78, 5) is 43.1. The first-order valence-corrected chi connectivity index (χ1v) is 13.5. The number of benzene rings is 1. The van der Waals surface area contributed by atoms with Crippen LogP contribution in [0, 0.1) is 17.8 Å². The van der Waals surface area contributed by atoms with Gasteiger partial charge in [-0.15, -0.1) is 0 Å². The van der Waals surface area contributed by atoms with Gasteiger partial charge < -0.3 is 25.4 Å². The van der Waals surface area contributed by atoms with E-state index in [0.717, 1.165) is 31.2 Å². The number of nitrogens with zero attached hydrogens (tertiary/aromatic N) is 1. The molecule has 0 aromatic heterocycles. The Bertz CT molecular complexity index is 971. The summed E-state index contributed by atoms with van der Waals surface area (Å²) in [6, 6.07) is 7.63. The lowest BCUT2D eigenvalue weighted by Gasteiger charge is -2.37. The van der Waals surface area contributed by atoms with Crippen LogP contribution >= 0.6 is 0 Å². The highest BCUT2D eigenvalue weighted by Gasteiger charge is 2.80. The van der Waals surface area contributed by atoms with Gasteiger partial charge in [-0.3, -0.25) is 14.4 Å². The fourth-order valence-corrected chi connectivity index (χ4v) is 6.78. The first-order chi connectivity index (χ1) is 17.3. The number of rotatable bonds is 11. The van der Waals surface area contributed by atoms with Gasteiger partial charge in [0.15, 0.2) is 0 Å². The number of unbranched alkanes of at least 4 members (excludes halogenated alkanes) is 2. The molecule has 7 atom stereocenters. The summed E-state index contributed by atoms with van der Waals surface area (Å²) < 4.78 is 6.72. The molecule has 0 radical (unpaired) electrons. The van der Waals surface area contributed by atoms with Crippen LogP contribution in [0.5, 0.6) is 0 Å². The van der Waals surface area contributed by atoms with E-state index in [1.54, 1.807) is 0 Å². The maximum absolute atomic E-state index is 14.2. The number of aliphatic hydroxyl groups excluding tert-OH is 1. The molecule has 3 heterocycles. The third kappa shape index (κ3) is 4.12. The minimum absolute atomic E-state index is 0.0152. The number of ether oxygens (including phenoxy) is 1. The molecule has 1 spiro atoms. The molecule has 1 aromatic carbocycles. The second-order valence-corrected chi connectivity index (χ2v) is 10.8. The van der Waals surface area contributed by atoms with E-state index >= 15 is 0 Å². The molecule has 1 aromatic rings. The van der Waals surface area contributed by atoms with Crippen molar-refractivity contribution in [3.05, 3.63) is 35.9 Å². The predicted octanol–water partition coefficient (Wildman–Crippen LogP) is 2.56. The van der Waals surface area contributed by atoms with Crippen LogP contribution in [0.15, 0.2) is 30.3 Å². The molecule has 3 aliphatic rings. The molecular weight excluding hydrogens is 458 g/mol. The van der Waals surface area contributed by atoms with Crippen LogP contribution in [0.1, 0.15) is 71.4 Å². The van der Waals surface area contributed by atoms with Gasteiger partial charge in [-0.25, -0.2) is 0 Å². The summed E-state index contributed by atoms with van der Waals surface area (Å²) >= 11 is 0. The van der Waals surface area contributed by atoms with Gasteiger partial charge in [0, 0.05) is 13.1 Å². The van der Waals surface area contributed by atoms with Crippen LogP contribution in [-0.2, 0) is 19.1 Å². The highest BCUT2D eigenvalue weighted by Crippen LogP contribution is 2.65. The molecule has 3 amide bonds. The number of hydrogen-bond acceptors (Lipinski definition) is 5. The second-order valence-electron chi connectivity index (χ2n) is 10.8. The Hall–Kier alpha value is -2.45. The van der Waals surface area contributed by atoms with Crippen molar-refractivity contribution in [3.63, 3.8) is 0 Å². The fourth-order valence-electron chi connectivity index (χ4n) is 6.78. The van der Waals surface area contributed by atoms with Crippen molar-refractivity contribution < 1.29 is 24.2 Å². The number of aliphatic hydroxyl groups is 1. The average molecular weight is 500 g/mol. The van der Waals surface area contributed by atoms with Crippen molar-refractivity contribution in [2.75, 3.05) is 19.7 Å². The average Bonchev–Trinajstić information content (AvgIpc) is 3.38. The van der Waals surface area contributed by atoms with Crippen molar-refractivity contribution in [1.82, 2.24) is 15.5 Å². The number of carbonyl (C=O) groups excluding carboxylic acids is 3. The predicted molar refractivity (Wildman–Crippen MR) is 136 cm³/mol. The number of likely N-dealkylation sites (tertiary alicyclic amines) is 1. The molecule has 8 heteroatoms. The Kier molecular flexibility index (Phi) is 7.76. The maximum Gasteiger partial charge on any atom is 0.245 e. The van der Waals surface area contributed by atoms with Gasteiger partial charge >= 0.3 is 0 Å². The van der Waals surface area contributed by atoms with Crippen LogP contribution < -0.4 is 10.6 Å². The Balaban J connectivity index is 1.77. The smallest absolute Gasteiger partial charge is 0.245 e.